The van der Waals surface area contributed by atoms with E-state index in [1.165, 1.54) is 10.8 Å². The minimum absolute atomic E-state index is 0.0123. The van der Waals surface area contributed by atoms with Crippen molar-refractivity contribution < 1.29 is 34.7 Å². The van der Waals surface area contributed by atoms with Crippen LogP contribution in [0.4, 0.5) is 0 Å². The van der Waals surface area contributed by atoms with Gasteiger partial charge in [-0.05, 0) is 36.6 Å². The second kappa shape index (κ2) is 8.99. The Kier molecular flexibility index (Phi) is 6.13. The van der Waals surface area contributed by atoms with Crippen LogP contribution in [-0.2, 0) is 17.6 Å². The fourth-order valence-corrected chi connectivity index (χ4v) is 3.93. The minimum atomic E-state index is -1.65. The van der Waals surface area contributed by atoms with Crippen molar-refractivity contribution in [2.24, 2.45) is 0 Å². The lowest BCUT2D eigenvalue weighted by atomic mass is 9.96. The first-order valence-electron chi connectivity index (χ1n) is 10.1. The summed E-state index contributed by atoms with van der Waals surface area (Å²) in [4.78, 5) is 15.9. The number of aliphatic hydroxyl groups excluding tert-OH is 3. The fourth-order valence-electron chi connectivity index (χ4n) is 3.93. The maximum atomic E-state index is 11.6. The highest BCUT2D eigenvalue weighted by atomic mass is 16.5. The molecule has 0 saturated carbocycles. The van der Waals surface area contributed by atoms with Gasteiger partial charge in [-0.1, -0.05) is 30.3 Å². The Balaban J connectivity index is 1.57. The van der Waals surface area contributed by atoms with Gasteiger partial charge in [-0.2, -0.15) is 0 Å². The van der Waals surface area contributed by atoms with E-state index < -0.39 is 30.3 Å². The first-order valence-corrected chi connectivity index (χ1v) is 10.1. The van der Waals surface area contributed by atoms with E-state index in [0.717, 1.165) is 5.56 Å². The molecule has 168 valence electrons. The van der Waals surface area contributed by atoms with E-state index >= 15 is 0 Å². The van der Waals surface area contributed by atoms with Gasteiger partial charge in [-0.3, -0.25) is 0 Å². The summed E-state index contributed by atoms with van der Waals surface area (Å²) >= 11 is 0. The monoisotopic (exact) mass is 440 g/mol. The van der Waals surface area contributed by atoms with Gasteiger partial charge in [0, 0.05) is 6.20 Å². The number of hydrogen-bond acceptors (Lipinski definition) is 7. The molecule has 0 radical (unpaired) electrons. The Morgan fingerprint density at radius 3 is 2.47 bits per heavy atom. The maximum absolute atomic E-state index is 11.6. The summed E-state index contributed by atoms with van der Waals surface area (Å²) in [5.74, 6) is 0.512. The summed E-state index contributed by atoms with van der Waals surface area (Å²) in [6.45, 7) is 0. The maximum Gasteiger partial charge on any atom is 0.329 e. The van der Waals surface area contributed by atoms with Gasteiger partial charge in [-0.15, -0.1) is 0 Å². The third-order valence-corrected chi connectivity index (χ3v) is 5.51. The zero-order valence-electron chi connectivity index (χ0n) is 17.3. The molecular formula is C23H24N2O7. The van der Waals surface area contributed by atoms with E-state index in [0.29, 0.717) is 35.8 Å². The van der Waals surface area contributed by atoms with Crippen LogP contribution in [0, 0.1) is 0 Å². The number of carboxylic acids is 1. The quantitative estimate of drug-likeness (QED) is 0.437. The molecule has 4 atom stereocenters. The minimum Gasteiger partial charge on any atom is -0.493 e. The number of aryl methyl sites for hydroxylation is 2. The number of aliphatic hydroxyl groups is 3. The number of para-hydroxylation sites is 2. The standard InChI is InChI=1S/C23H24N2O7/c1-31-21-13(6-5-9-16(21)32-15-7-3-2-4-8-15)10-11-14-12-25-17(23(29)30)18(26)19(27)20(28)22(25)24-14/h2-9,12,17-20,26-28H,10-11H2,1H3,(H,29,30)/t17-,18+,19-,20+/m0/s1. The predicted molar refractivity (Wildman–Crippen MR) is 113 cm³/mol. The largest absolute Gasteiger partial charge is 0.493 e. The average Bonchev–Trinajstić information content (AvgIpc) is 3.20. The van der Waals surface area contributed by atoms with Crippen LogP contribution in [0.2, 0.25) is 0 Å². The van der Waals surface area contributed by atoms with Crippen molar-refractivity contribution >= 4 is 5.97 Å². The van der Waals surface area contributed by atoms with E-state index in [1.54, 1.807) is 13.2 Å². The number of carbonyl (C=O) groups is 1. The van der Waals surface area contributed by atoms with Crippen LogP contribution in [0.15, 0.2) is 54.7 Å². The summed E-state index contributed by atoms with van der Waals surface area (Å²) in [5, 5.41) is 39.8. The highest BCUT2D eigenvalue weighted by Crippen LogP contribution is 2.36. The van der Waals surface area contributed by atoms with Gasteiger partial charge in [0.25, 0.3) is 0 Å². The number of nitrogens with zero attached hydrogens (tertiary/aromatic N) is 2. The van der Waals surface area contributed by atoms with Crippen molar-refractivity contribution in [2.75, 3.05) is 7.11 Å². The smallest absolute Gasteiger partial charge is 0.329 e. The summed E-state index contributed by atoms with van der Waals surface area (Å²) in [6, 6.07) is 13.5. The van der Waals surface area contributed by atoms with Crippen LogP contribution in [0.5, 0.6) is 17.2 Å². The van der Waals surface area contributed by atoms with Crippen LogP contribution in [-0.4, -0.2) is 55.3 Å². The SMILES string of the molecule is COc1c(CCc2cn3c(n2)[C@H](O)[C@@H](O)[C@H](O)[C@H]3C(=O)O)cccc1Oc1ccccc1. The van der Waals surface area contributed by atoms with Crippen molar-refractivity contribution in [1.82, 2.24) is 9.55 Å². The molecule has 1 aliphatic heterocycles. The number of ether oxygens (including phenoxy) is 2. The molecule has 2 heterocycles. The van der Waals surface area contributed by atoms with Crippen molar-refractivity contribution in [3.8, 4) is 17.2 Å². The molecule has 1 aromatic heterocycles. The molecule has 0 spiro atoms. The zero-order chi connectivity index (χ0) is 22.8. The molecule has 4 rings (SSSR count). The molecule has 3 aromatic rings. The van der Waals surface area contributed by atoms with Crippen LogP contribution >= 0.6 is 0 Å². The van der Waals surface area contributed by atoms with Crippen molar-refractivity contribution in [3.05, 3.63) is 71.8 Å². The summed E-state index contributed by atoms with van der Waals surface area (Å²) in [7, 11) is 1.56. The van der Waals surface area contributed by atoms with Crippen LogP contribution in [0.1, 0.15) is 29.2 Å². The van der Waals surface area contributed by atoms with Gasteiger partial charge in [0.05, 0.1) is 12.8 Å². The molecule has 9 heteroatoms. The first-order chi connectivity index (χ1) is 15.4. The Morgan fingerprint density at radius 1 is 1.03 bits per heavy atom. The topological polar surface area (TPSA) is 134 Å². The molecule has 0 aliphatic carbocycles. The van der Waals surface area contributed by atoms with Crippen LogP contribution in [0.25, 0.3) is 0 Å². The Morgan fingerprint density at radius 2 is 1.78 bits per heavy atom. The number of aliphatic carboxylic acids is 1. The Hall–Kier alpha value is -3.40. The van der Waals surface area contributed by atoms with Crippen molar-refractivity contribution in [3.63, 3.8) is 0 Å². The highest BCUT2D eigenvalue weighted by Gasteiger charge is 2.45. The van der Waals surface area contributed by atoms with Gasteiger partial charge >= 0.3 is 5.97 Å². The molecule has 1 aliphatic rings. The summed E-state index contributed by atoms with van der Waals surface area (Å²) in [6.07, 6.45) is -2.36. The van der Waals surface area contributed by atoms with Crippen LogP contribution in [0.3, 0.4) is 0 Å². The van der Waals surface area contributed by atoms with Crippen LogP contribution < -0.4 is 9.47 Å². The number of fused-ring (bicyclic) bond motifs is 1. The van der Waals surface area contributed by atoms with Crippen molar-refractivity contribution in [2.45, 2.75) is 37.2 Å². The van der Waals surface area contributed by atoms with E-state index in [-0.39, 0.29) is 5.82 Å². The van der Waals surface area contributed by atoms with Crippen molar-refractivity contribution in [1.29, 1.82) is 0 Å². The highest BCUT2D eigenvalue weighted by molar-refractivity contribution is 5.73. The molecular weight excluding hydrogens is 416 g/mol. The average molecular weight is 440 g/mol. The fraction of sp³-hybridized carbons (Fsp3) is 0.304. The third-order valence-electron chi connectivity index (χ3n) is 5.51. The molecule has 0 fully saturated rings. The Bertz CT molecular complexity index is 1100. The second-order valence-electron chi connectivity index (χ2n) is 7.57. The van der Waals surface area contributed by atoms with Gasteiger partial charge in [0.1, 0.15) is 29.9 Å². The predicted octanol–water partition coefficient (Wildman–Crippen LogP) is 1.86. The Labute approximate surface area is 184 Å². The molecule has 2 aromatic carbocycles. The second-order valence-corrected chi connectivity index (χ2v) is 7.57. The summed E-state index contributed by atoms with van der Waals surface area (Å²) < 4.78 is 12.7. The number of benzene rings is 2. The number of aromatic nitrogens is 2. The first kappa shape index (κ1) is 21.8. The molecule has 4 N–H and O–H groups in total. The van der Waals surface area contributed by atoms with E-state index in [9.17, 15) is 25.2 Å². The molecule has 0 bridgehead atoms. The van der Waals surface area contributed by atoms with E-state index in [4.69, 9.17) is 9.47 Å². The van der Waals surface area contributed by atoms with E-state index in [2.05, 4.69) is 4.98 Å². The lowest BCUT2D eigenvalue weighted by Gasteiger charge is -2.33. The number of rotatable bonds is 7. The zero-order valence-corrected chi connectivity index (χ0v) is 17.3. The lowest BCUT2D eigenvalue weighted by Crippen LogP contribution is -2.47. The molecule has 9 nitrogen and oxygen atoms in total. The van der Waals surface area contributed by atoms with Gasteiger partial charge in [0.15, 0.2) is 17.5 Å². The third kappa shape index (κ3) is 4.05. The normalized spacial score (nSPS) is 22.2. The van der Waals surface area contributed by atoms with E-state index in [1.807, 2.05) is 42.5 Å². The molecule has 0 amide bonds. The number of hydrogen-bond donors (Lipinski definition) is 4. The summed E-state index contributed by atoms with van der Waals surface area (Å²) in [5.41, 5.74) is 1.38. The molecule has 0 unspecified atom stereocenters. The molecule has 32 heavy (non-hydrogen) atoms. The van der Waals surface area contributed by atoms with Gasteiger partial charge in [0.2, 0.25) is 0 Å². The number of imidazole rings is 1. The number of carboxylic acid groups (broad SMARTS) is 1. The molecule has 0 saturated heterocycles. The number of methoxy groups -OCH3 is 1. The van der Waals surface area contributed by atoms with Gasteiger partial charge in [-0.25, -0.2) is 9.78 Å². The van der Waals surface area contributed by atoms with Gasteiger partial charge < -0.3 is 34.5 Å². The lowest BCUT2D eigenvalue weighted by molar-refractivity contribution is -0.156.